The Morgan fingerprint density at radius 2 is 2.04 bits per heavy atom. The lowest BCUT2D eigenvalue weighted by Crippen LogP contribution is -2.32. The zero-order chi connectivity index (χ0) is 17.6. The summed E-state index contributed by atoms with van der Waals surface area (Å²) >= 11 is 0. The van der Waals surface area contributed by atoms with E-state index in [2.05, 4.69) is 15.7 Å². The van der Waals surface area contributed by atoms with Crippen LogP contribution in [0.15, 0.2) is 42.7 Å². The third kappa shape index (κ3) is 4.43. The minimum Gasteiger partial charge on any atom is -0.329 e. The average Bonchev–Trinajstić information content (AvgIpc) is 3.16. The van der Waals surface area contributed by atoms with E-state index in [4.69, 9.17) is 0 Å². The number of anilines is 1. The van der Waals surface area contributed by atoms with Crippen molar-refractivity contribution >= 4 is 23.5 Å². The molecule has 0 spiro atoms. The van der Waals surface area contributed by atoms with Crippen molar-refractivity contribution in [3.8, 4) is 0 Å². The van der Waals surface area contributed by atoms with Crippen LogP contribution in [0.1, 0.15) is 18.4 Å². The Labute approximate surface area is 144 Å². The van der Waals surface area contributed by atoms with Crippen molar-refractivity contribution in [1.82, 2.24) is 20.0 Å². The summed E-state index contributed by atoms with van der Waals surface area (Å²) in [6, 6.07) is 9.51. The minimum absolute atomic E-state index is 0.0334. The van der Waals surface area contributed by atoms with Crippen molar-refractivity contribution in [3.05, 3.63) is 48.3 Å². The van der Waals surface area contributed by atoms with Gasteiger partial charge in [-0.2, -0.15) is 5.10 Å². The molecule has 0 saturated carbocycles. The van der Waals surface area contributed by atoms with Gasteiger partial charge in [0.1, 0.15) is 0 Å². The fraction of sp³-hybridized carbons (Fsp3) is 0.294. The number of benzene rings is 1. The van der Waals surface area contributed by atoms with Gasteiger partial charge in [-0.1, -0.05) is 30.3 Å². The number of nitrogens with zero attached hydrogens (tertiary/aromatic N) is 3. The second-order valence-electron chi connectivity index (χ2n) is 5.77. The lowest BCUT2D eigenvalue weighted by molar-refractivity contribution is -0.125. The standard InChI is InChI=1S/C17H19N5O3/c23-15(7-4-8-22-16(24)10-18-17(22)25)20-14-9-19-21(12-14)11-13-5-2-1-3-6-13/h1-3,5-6,9,12H,4,7-8,10-11H2,(H,18,25)(H,20,23). The molecule has 0 atom stereocenters. The first kappa shape index (κ1) is 16.7. The molecule has 2 aromatic rings. The van der Waals surface area contributed by atoms with Crippen LogP contribution in [-0.2, 0) is 16.1 Å². The molecule has 2 N–H and O–H groups in total. The van der Waals surface area contributed by atoms with Gasteiger partial charge in [-0.15, -0.1) is 0 Å². The molecule has 4 amide bonds. The number of hydrogen-bond donors (Lipinski definition) is 2. The summed E-state index contributed by atoms with van der Waals surface area (Å²) in [5, 5.41) is 9.44. The zero-order valence-electron chi connectivity index (χ0n) is 13.6. The second kappa shape index (κ2) is 7.61. The highest BCUT2D eigenvalue weighted by atomic mass is 16.2. The summed E-state index contributed by atoms with van der Waals surface area (Å²) in [5.74, 6) is -0.432. The molecule has 0 bridgehead atoms. The molecule has 0 radical (unpaired) electrons. The molecule has 3 rings (SSSR count). The van der Waals surface area contributed by atoms with Crippen molar-refractivity contribution in [3.63, 3.8) is 0 Å². The predicted molar refractivity (Wildman–Crippen MR) is 90.7 cm³/mol. The van der Waals surface area contributed by atoms with Crippen LogP contribution in [0.4, 0.5) is 10.5 Å². The molecule has 1 aliphatic heterocycles. The van der Waals surface area contributed by atoms with Gasteiger partial charge in [-0.05, 0) is 12.0 Å². The molecule has 0 unspecified atom stereocenters. The van der Waals surface area contributed by atoms with Crippen LogP contribution in [-0.4, -0.2) is 45.6 Å². The highest BCUT2D eigenvalue weighted by molar-refractivity contribution is 6.02. The topological polar surface area (TPSA) is 96.3 Å². The van der Waals surface area contributed by atoms with E-state index in [0.29, 0.717) is 18.7 Å². The molecule has 1 aliphatic rings. The Bertz CT molecular complexity index is 756. The van der Waals surface area contributed by atoms with Gasteiger partial charge in [0.25, 0.3) is 0 Å². The van der Waals surface area contributed by atoms with E-state index in [9.17, 15) is 14.4 Å². The van der Waals surface area contributed by atoms with Crippen LogP contribution < -0.4 is 10.6 Å². The van der Waals surface area contributed by atoms with Crippen molar-refractivity contribution in [2.75, 3.05) is 18.4 Å². The van der Waals surface area contributed by atoms with Crippen LogP contribution in [0.25, 0.3) is 0 Å². The average molecular weight is 341 g/mol. The molecule has 1 aromatic carbocycles. The first-order chi connectivity index (χ1) is 12.1. The van der Waals surface area contributed by atoms with E-state index < -0.39 is 6.03 Å². The van der Waals surface area contributed by atoms with Gasteiger partial charge in [0.2, 0.25) is 11.8 Å². The minimum atomic E-state index is -0.396. The van der Waals surface area contributed by atoms with Crippen molar-refractivity contribution in [1.29, 1.82) is 0 Å². The Kier molecular flexibility index (Phi) is 5.08. The zero-order valence-corrected chi connectivity index (χ0v) is 13.6. The predicted octanol–water partition coefficient (Wildman–Crippen LogP) is 1.20. The van der Waals surface area contributed by atoms with Gasteiger partial charge >= 0.3 is 6.03 Å². The monoisotopic (exact) mass is 341 g/mol. The van der Waals surface area contributed by atoms with Crippen LogP contribution >= 0.6 is 0 Å². The lowest BCUT2D eigenvalue weighted by atomic mass is 10.2. The fourth-order valence-corrected chi connectivity index (χ4v) is 2.59. The van der Waals surface area contributed by atoms with Gasteiger partial charge in [-0.3, -0.25) is 19.2 Å². The van der Waals surface area contributed by atoms with Crippen molar-refractivity contribution in [2.45, 2.75) is 19.4 Å². The quantitative estimate of drug-likeness (QED) is 0.740. The Balaban J connectivity index is 1.44. The van der Waals surface area contributed by atoms with E-state index in [-0.39, 0.29) is 31.3 Å². The molecule has 25 heavy (non-hydrogen) atoms. The van der Waals surface area contributed by atoms with Gasteiger partial charge in [0.05, 0.1) is 25.0 Å². The maximum absolute atomic E-state index is 12.0. The van der Waals surface area contributed by atoms with Gasteiger partial charge < -0.3 is 10.6 Å². The maximum Gasteiger partial charge on any atom is 0.324 e. The van der Waals surface area contributed by atoms with Gasteiger partial charge in [0, 0.05) is 19.2 Å². The molecule has 0 aliphatic carbocycles. The molecule has 8 heteroatoms. The first-order valence-electron chi connectivity index (χ1n) is 8.06. The van der Waals surface area contributed by atoms with Crippen LogP contribution in [0.3, 0.4) is 0 Å². The number of hydrogen-bond acceptors (Lipinski definition) is 4. The summed E-state index contributed by atoms with van der Waals surface area (Å²) in [5.41, 5.74) is 1.74. The van der Waals surface area contributed by atoms with E-state index >= 15 is 0 Å². The number of carbonyl (C=O) groups excluding carboxylic acids is 3. The van der Waals surface area contributed by atoms with Crippen LogP contribution in [0, 0.1) is 0 Å². The normalized spacial score (nSPS) is 13.8. The summed E-state index contributed by atoms with van der Waals surface area (Å²) in [4.78, 5) is 35.9. The van der Waals surface area contributed by atoms with Crippen molar-refractivity contribution in [2.24, 2.45) is 0 Å². The third-order valence-corrected chi connectivity index (χ3v) is 3.83. The molecular formula is C17H19N5O3. The van der Waals surface area contributed by atoms with Crippen LogP contribution in [0.5, 0.6) is 0 Å². The molecule has 1 fully saturated rings. The van der Waals surface area contributed by atoms with E-state index in [1.807, 2.05) is 30.3 Å². The third-order valence-electron chi connectivity index (χ3n) is 3.83. The van der Waals surface area contributed by atoms with E-state index in [0.717, 1.165) is 10.5 Å². The van der Waals surface area contributed by atoms with Crippen molar-refractivity contribution < 1.29 is 14.4 Å². The Morgan fingerprint density at radius 3 is 2.76 bits per heavy atom. The molecule has 2 heterocycles. The van der Waals surface area contributed by atoms with Gasteiger partial charge in [0.15, 0.2) is 0 Å². The summed E-state index contributed by atoms with van der Waals surface area (Å²) in [6.45, 7) is 0.903. The van der Waals surface area contributed by atoms with E-state index in [1.54, 1.807) is 17.1 Å². The number of rotatable bonds is 7. The maximum atomic E-state index is 12.0. The number of imide groups is 1. The molecular weight excluding hydrogens is 322 g/mol. The number of aromatic nitrogens is 2. The summed E-state index contributed by atoms with van der Waals surface area (Å²) < 4.78 is 1.75. The number of nitrogens with one attached hydrogen (secondary N) is 2. The first-order valence-corrected chi connectivity index (χ1v) is 8.06. The second-order valence-corrected chi connectivity index (χ2v) is 5.77. The molecule has 1 aromatic heterocycles. The highest BCUT2D eigenvalue weighted by Crippen LogP contribution is 2.09. The Hall–Kier alpha value is -3.16. The summed E-state index contributed by atoms with van der Waals surface area (Å²) in [6.07, 6.45) is 4.00. The number of carbonyl (C=O) groups is 3. The Morgan fingerprint density at radius 1 is 1.24 bits per heavy atom. The number of urea groups is 1. The largest absolute Gasteiger partial charge is 0.329 e. The smallest absolute Gasteiger partial charge is 0.324 e. The molecule has 130 valence electrons. The highest BCUT2D eigenvalue weighted by Gasteiger charge is 2.27. The van der Waals surface area contributed by atoms with Crippen LogP contribution in [0.2, 0.25) is 0 Å². The number of amides is 4. The SMILES string of the molecule is O=C(CCCN1C(=O)CNC1=O)Nc1cnn(Cc2ccccc2)c1. The fourth-order valence-electron chi connectivity index (χ4n) is 2.59. The molecule has 8 nitrogen and oxygen atoms in total. The van der Waals surface area contributed by atoms with Gasteiger partial charge in [-0.25, -0.2) is 4.79 Å². The lowest BCUT2D eigenvalue weighted by Gasteiger charge is -2.11. The summed E-state index contributed by atoms with van der Waals surface area (Å²) in [7, 11) is 0. The molecule has 1 saturated heterocycles. The van der Waals surface area contributed by atoms with E-state index in [1.165, 1.54) is 0 Å².